The normalized spacial score (nSPS) is 11.0. The minimum atomic E-state index is -3.54. The van der Waals surface area contributed by atoms with Crippen molar-refractivity contribution in [1.82, 2.24) is 4.98 Å². The lowest BCUT2D eigenvalue weighted by atomic mass is 10.2. The van der Waals surface area contributed by atoms with Gasteiger partial charge in [-0.3, -0.25) is 14.1 Å². The Labute approximate surface area is 127 Å². The molecule has 0 aliphatic heterocycles. The molecule has 1 aromatic carbocycles. The van der Waals surface area contributed by atoms with Crippen LogP contribution in [0.1, 0.15) is 10.4 Å². The highest BCUT2D eigenvalue weighted by Gasteiger charge is 2.18. The van der Waals surface area contributed by atoms with E-state index in [0.29, 0.717) is 0 Å². The molecule has 2 aromatic rings. The minimum Gasteiger partial charge on any atom is -0.320 e. The van der Waals surface area contributed by atoms with Crippen molar-refractivity contribution in [2.24, 2.45) is 0 Å². The first-order valence-corrected chi connectivity index (χ1v) is 8.08. The molecule has 1 heterocycles. The Hall–Kier alpha value is -2.48. The van der Waals surface area contributed by atoms with Crippen LogP contribution in [0.25, 0.3) is 0 Å². The minimum absolute atomic E-state index is 0.0572. The summed E-state index contributed by atoms with van der Waals surface area (Å²) >= 11 is 0. The van der Waals surface area contributed by atoms with Crippen molar-refractivity contribution in [2.75, 3.05) is 22.9 Å². The van der Waals surface area contributed by atoms with Crippen molar-refractivity contribution < 1.29 is 17.6 Å². The van der Waals surface area contributed by atoms with Crippen molar-refractivity contribution in [1.29, 1.82) is 0 Å². The molecule has 1 aromatic heterocycles. The summed E-state index contributed by atoms with van der Waals surface area (Å²) in [6, 6.07) is 6.60. The van der Waals surface area contributed by atoms with Crippen LogP contribution in [0.15, 0.2) is 42.7 Å². The van der Waals surface area contributed by atoms with E-state index in [0.717, 1.165) is 22.7 Å². The standard InChI is InChI=1S/C14H14FN3O3S/c1-18(22(2,20)21)13-6-5-11(15)8-12(13)17-14(19)10-4-3-7-16-9-10/h3-9H,1-2H3,(H,17,19). The number of benzene rings is 1. The maximum absolute atomic E-state index is 13.4. The van der Waals surface area contributed by atoms with Gasteiger partial charge in [-0.1, -0.05) is 0 Å². The molecule has 1 amide bonds. The van der Waals surface area contributed by atoms with Crippen molar-refractivity contribution in [3.05, 3.63) is 54.1 Å². The molecule has 0 bridgehead atoms. The number of anilines is 2. The van der Waals surface area contributed by atoms with E-state index in [9.17, 15) is 17.6 Å². The second-order valence-corrected chi connectivity index (χ2v) is 6.60. The number of nitrogens with one attached hydrogen (secondary N) is 1. The molecule has 1 N–H and O–H groups in total. The van der Waals surface area contributed by atoms with E-state index >= 15 is 0 Å². The largest absolute Gasteiger partial charge is 0.320 e. The first-order valence-electron chi connectivity index (χ1n) is 6.24. The van der Waals surface area contributed by atoms with Gasteiger partial charge in [0, 0.05) is 19.4 Å². The molecule has 6 nitrogen and oxygen atoms in total. The zero-order chi connectivity index (χ0) is 16.3. The van der Waals surface area contributed by atoms with E-state index in [-0.39, 0.29) is 16.9 Å². The van der Waals surface area contributed by atoms with E-state index in [2.05, 4.69) is 10.3 Å². The highest BCUT2D eigenvalue weighted by atomic mass is 32.2. The Balaban J connectivity index is 2.38. The molecular formula is C14H14FN3O3S. The van der Waals surface area contributed by atoms with E-state index in [4.69, 9.17) is 0 Å². The van der Waals surface area contributed by atoms with Gasteiger partial charge in [0.25, 0.3) is 5.91 Å². The lowest BCUT2D eigenvalue weighted by Crippen LogP contribution is -2.26. The molecule has 0 radical (unpaired) electrons. The van der Waals surface area contributed by atoms with E-state index < -0.39 is 21.7 Å². The molecule has 0 fully saturated rings. The van der Waals surface area contributed by atoms with Gasteiger partial charge in [-0.15, -0.1) is 0 Å². The van der Waals surface area contributed by atoms with Gasteiger partial charge in [-0.25, -0.2) is 12.8 Å². The van der Waals surface area contributed by atoms with Crippen LogP contribution in [0.3, 0.4) is 0 Å². The van der Waals surface area contributed by atoms with Crippen LogP contribution in [-0.2, 0) is 10.0 Å². The van der Waals surface area contributed by atoms with Crippen molar-refractivity contribution in [2.45, 2.75) is 0 Å². The third-order valence-corrected chi connectivity index (χ3v) is 4.16. The van der Waals surface area contributed by atoms with Crippen LogP contribution in [0.2, 0.25) is 0 Å². The van der Waals surface area contributed by atoms with E-state index in [1.165, 1.54) is 25.5 Å². The van der Waals surface area contributed by atoms with Gasteiger partial charge in [-0.2, -0.15) is 0 Å². The van der Waals surface area contributed by atoms with E-state index in [1.807, 2.05) is 0 Å². The maximum atomic E-state index is 13.4. The SMILES string of the molecule is CN(c1ccc(F)cc1NC(=O)c1cccnc1)S(C)(=O)=O. The van der Waals surface area contributed by atoms with Crippen molar-refractivity contribution in [3.8, 4) is 0 Å². The number of aromatic nitrogens is 1. The second kappa shape index (κ2) is 6.10. The monoisotopic (exact) mass is 323 g/mol. The smallest absolute Gasteiger partial charge is 0.257 e. The van der Waals surface area contributed by atoms with Crippen LogP contribution in [0.5, 0.6) is 0 Å². The number of rotatable bonds is 4. The molecule has 0 saturated heterocycles. The number of sulfonamides is 1. The Bertz CT molecular complexity index is 794. The molecule has 8 heteroatoms. The summed E-state index contributed by atoms with van der Waals surface area (Å²) < 4.78 is 37.7. The topological polar surface area (TPSA) is 79.4 Å². The number of halogens is 1. The molecular weight excluding hydrogens is 309 g/mol. The molecule has 2 rings (SSSR count). The fourth-order valence-corrected chi connectivity index (χ4v) is 2.27. The predicted molar refractivity (Wildman–Crippen MR) is 81.8 cm³/mol. The van der Waals surface area contributed by atoms with Gasteiger partial charge >= 0.3 is 0 Å². The number of hydrogen-bond donors (Lipinski definition) is 1. The molecule has 116 valence electrons. The summed E-state index contributed by atoms with van der Waals surface area (Å²) in [5, 5.41) is 2.50. The van der Waals surface area contributed by atoms with Gasteiger partial charge in [0.15, 0.2) is 0 Å². The van der Waals surface area contributed by atoms with Gasteiger partial charge in [0.2, 0.25) is 10.0 Å². The molecule has 0 aliphatic rings. The van der Waals surface area contributed by atoms with Crippen molar-refractivity contribution in [3.63, 3.8) is 0 Å². The van der Waals surface area contributed by atoms with Crippen molar-refractivity contribution >= 4 is 27.3 Å². The summed E-state index contributed by atoms with van der Waals surface area (Å²) in [6.45, 7) is 0. The predicted octanol–water partition coefficient (Wildman–Crippen LogP) is 1.87. The number of nitrogens with zero attached hydrogens (tertiary/aromatic N) is 2. The lowest BCUT2D eigenvalue weighted by molar-refractivity contribution is 0.102. The third kappa shape index (κ3) is 3.59. The summed E-state index contributed by atoms with van der Waals surface area (Å²) in [5.41, 5.74) is 0.502. The quantitative estimate of drug-likeness (QED) is 0.931. The zero-order valence-electron chi connectivity index (χ0n) is 11.9. The van der Waals surface area contributed by atoms with Crippen LogP contribution >= 0.6 is 0 Å². The average Bonchev–Trinajstić information content (AvgIpc) is 2.47. The zero-order valence-corrected chi connectivity index (χ0v) is 12.8. The first kappa shape index (κ1) is 15.9. The average molecular weight is 323 g/mol. The number of hydrogen-bond acceptors (Lipinski definition) is 4. The fraction of sp³-hybridized carbons (Fsp3) is 0.143. The number of carbonyl (C=O) groups is 1. The van der Waals surface area contributed by atoms with Gasteiger partial charge < -0.3 is 5.32 Å². The number of carbonyl (C=O) groups excluding carboxylic acids is 1. The van der Waals surface area contributed by atoms with Crippen LogP contribution in [0.4, 0.5) is 15.8 Å². The first-order chi connectivity index (χ1) is 10.3. The van der Waals surface area contributed by atoms with Gasteiger partial charge in [0.05, 0.1) is 23.2 Å². The maximum Gasteiger partial charge on any atom is 0.257 e. The molecule has 0 unspecified atom stereocenters. The van der Waals surface area contributed by atoms with E-state index in [1.54, 1.807) is 12.1 Å². The molecule has 0 spiro atoms. The Morgan fingerprint density at radius 1 is 1.32 bits per heavy atom. The summed E-state index contributed by atoms with van der Waals surface area (Å²) in [5.74, 6) is -1.10. The Morgan fingerprint density at radius 2 is 2.05 bits per heavy atom. The number of pyridine rings is 1. The Morgan fingerprint density at radius 3 is 2.64 bits per heavy atom. The molecule has 0 aliphatic carbocycles. The third-order valence-electron chi connectivity index (χ3n) is 2.97. The highest BCUT2D eigenvalue weighted by Crippen LogP contribution is 2.28. The van der Waals surface area contributed by atoms with Crippen LogP contribution in [0, 0.1) is 5.82 Å². The second-order valence-electron chi connectivity index (χ2n) is 4.59. The molecule has 22 heavy (non-hydrogen) atoms. The molecule has 0 saturated carbocycles. The van der Waals surface area contributed by atoms with Crippen LogP contribution in [-0.4, -0.2) is 32.6 Å². The lowest BCUT2D eigenvalue weighted by Gasteiger charge is -2.20. The summed E-state index contributed by atoms with van der Waals surface area (Å²) in [4.78, 5) is 15.9. The molecule has 0 atom stereocenters. The highest BCUT2D eigenvalue weighted by molar-refractivity contribution is 7.92. The fourth-order valence-electron chi connectivity index (χ4n) is 1.75. The number of amides is 1. The van der Waals surface area contributed by atoms with Crippen LogP contribution < -0.4 is 9.62 Å². The summed E-state index contributed by atoms with van der Waals surface area (Å²) in [7, 11) is -2.22. The Kier molecular flexibility index (Phi) is 4.41. The summed E-state index contributed by atoms with van der Waals surface area (Å²) in [6.07, 6.45) is 3.89. The van der Waals surface area contributed by atoms with Gasteiger partial charge in [-0.05, 0) is 30.3 Å². The van der Waals surface area contributed by atoms with Gasteiger partial charge in [0.1, 0.15) is 5.82 Å².